The Morgan fingerprint density at radius 3 is 2.64 bits per heavy atom. The van der Waals surface area contributed by atoms with Crippen molar-refractivity contribution in [2.24, 2.45) is 0 Å². The Kier molecular flexibility index (Phi) is 5.43. The Labute approximate surface area is 174 Å². The topological polar surface area (TPSA) is 47.8 Å². The highest BCUT2D eigenvalue weighted by Gasteiger charge is 2.30. The first kappa shape index (κ1) is 19.4. The number of benzene rings is 1. The summed E-state index contributed by atoms with van der Waals surface area (Å²) >= 11 is 3.27. The third kappa shape index (κ3) is 3.80. The molecule has 4 nitrogen and oxygen atoms in total. The molecule has 0 radical (unpaired) electrons. The predicted molar refractivity (Wildman–Crippen MR) is 116 cm³/mol. The molecule has 4 rings (SSSR count). The van der Waals surface area contributed by atoms with E-state index in [1.807, 2.05) is 13.0 Å². The molecule has 6 heteroatoms. The number of aryl methyl sites for hydroxylation is 1. The number of nitrogens with zero attached hydrogens (tertiary/aromatic N) is 3. The van der Waals surface area contributed by atoms with Crippen LogP contribution in [-0.4, -0.2) is 26.3 Å². The normalized spacial score (nSPS) is 13.9. The van der Waals surface area contributed by atoms with Gasteiger partial charge < -0.3 is 4.57 Å². The summed E-state index contributed by atoms with van der Waals surface area (Å²) in [6.45, 7) is 8.34. The van der Waals surface area contributed by atoms with E-state index in [0.29, 0.717) is 11.8 Å². The Morgan fingerprint density at radius 1 is 1.18 bits per heavy atom. The van der Waals surface area contributed by atoms with Gasteiger partial charge in [0, 0.05) is 22.9 Å². The highest BCUT2D eigenvalue weighted by molar-refractivity contribution is 7.99. The third-order valence-electron chi connectivity index (χ3n) is 5.67. The summed E-state index contributed by atoms with van der Waals surface area (Å²) in [6.07, 6.45) is 3.16. The van der Waals surface area contributed by atoms with E-state index >= 15 is 0 Å². The molecule has 0 saturated heterocycles. The number of rotatable bonds is 7. The lowest BCUT2D eigenvalue weighted by Gasteiger charge is -2.13. The molecule has 0 atom stereocenters. The molecule has 2 aromatic heterocycles. The molecule has 146 valence electrons. The number of carbonyl (C=O) groups is 1. The molecular formula is C22H25N3OS2. The van der Waals surface area contributed by atoms with Crippen molar-refractivity contribution in [3.8, 4) is 0 Å². The fraction of sp³-hybridized carbons (Fsp3) is 0.409. The molecule has 0 bridgehead atoms. The van der Waals surface area contributed by atoms with Crippen LogP contribution in [0.2, 0.25) is 0 Å². The number of Topliss-reactive ketones (excluding diaryl/α,β-unsaturated/α-hetero) is 1. The zero-order valence-corrected chi connectivity index (χ0v) is 18.4. The molecule has 1 aliphatic carbocycles. The molecule has 0 aliphatic heterocycles. The third-order valence-corrected chi connectivity index (χ3v) is 7.49. The van der Waals surface area contributed by atoms with Gasteiger partial charge >= 0.3 is 0 Å². The van der Waals surface area contributed by atoms with Crippen LogP contribution in [0.5, 0.6) is 0 Å². The number of thiophene rings is 1. The van der Waals surface area contributed by atoms with Gasteiger partial charge in [-0.15, -0.1) is 21.5 Å². The lowest BCUT2D eigenvalue weighted by Crippen LogP contribution is -2.09. The first-order chi connectivity index (χ1) is 13.5. The predicted octanol–water partition coefficient (Wildman–Crippen LogP) is 5.47. The highest BCUT2D eigenvalue weighted by Crippen LogP contribution is 2.39. The van der Waals surface area contributed by atoms with E-state index in [4.69, 9.17) is 0 Å². The van der Waals surface area contributed by atoms with Crippen LogP contribution in [-0.2, 0) is 6.42 Å². The van der Waals surface area contributed by atoms with Crippen LogP contribution >= 0.6 is 23.1 Å². The monoisotopic (exact) mass is 411 g/mol. The maximum absolute atomic E-state index is 12.9. The van der Waals surface area contributed by atoms with Crippen LogP contribution in [0.25, 0.3) is 0 Å². The minimum absolute atomic E-state index is 0.166. The number of ketones is 1. The van der Waals surface area contributed by atoms with E-state index in [0.717, 1.165) is 28.5 Å². The minimum Gasteiger partial charge on any atom is -0.303 e. The summed E-state index contributed by atoms with van der Waals surface area (Å²) in [5.74, 6) is 1.57. The van der Waals surface area contributed by atoms with Gasteiger partial charge in [0.1, 0.15) is 5.82 Å². The smallest absolute Gasteiger partial charge is 0.191 e. The first-order valence-electron chi connectivity index (χ1n) is 9.65. The van der Waals surface area contributed by atoms with Gasteiger partial charge in [0.2, 0.25) is 0 Å². The van der Waals surface area contributed by atoms with Gasteiger partial charge in [-0.1, -0.05) is 17.8 Å². The summed E-state index contributed by atoms with van der Waals surface area (Å²) in [5.41, 5.74) is 5.59. The molecule has 1 fully saturated rings. The summed E-state index contributed by atoms with van der Waals surface area (Å²) in [6, 6.07) is 6.74. The molecule has 3 aromatic rings. The largest absolute Gasteiger partial charge is 0.303 e. The molecule has 1 aromatic carbocycles. The van der Waals surface area contributed by atoms with E-state index < -0.39 is 0 Å². The number of hydrogen-bond donors (Lipinski definition) is 0. The molecule has 0 spiro atoms. The average Bonchev–Trinajstić information content (AvgIpc) is 3.23. The van der Waals surface area contributed by atoms with E-state index in [1.54, 1.807) is 11.3 Å². The van der Waals surface area contributed by atoms with Crippen LogP contribution in [0, 0.1) is 27.7 Å². The van der Waals surface area contributed by atoms with E-state index in [9.17, 15) is 4.79 Å². The Balaban J connectivity index is 1.52. The van der Waals surface area contributed by atoms with E-state index in [2.05, 4.69) is 53.0 Å². The molecule has 2 heterocycles. The van der Waals surface area contributed by atoms with Crippen molar-refractivity contribution >= 4 is 28.9 Å². The van der Waals surface area contributed by atoms with Gasteiger partial charge in [0.25, 0.3) is 0 Å². The van der Waals surface area contributed by atoms with Crippen LogP contribution in [0.1, 0.15) is 62.2 Å². The fourth-order valence-corrected chi connectivity index (χ4v) is 5.11. The number of thioether (sulfide) groups is 1. The van der Waals surface area contributed by atoms with Crippen LogP contribution in [0.4, 0.5) is 0 Å². The van der Waals surface area contributed by atoms with Crippen molar-refractivity contribution in [1.82, 2.24) is 14.8 Å². The summed E-state index contributed by atoms with van der Waals surface area (Å²) in [7, 11) is 0. The van der Waals surface area contributed by atoms with E-state index in [-0.39, 0.29) is 5.78 Å². The van der Waals surface area contributed by atoms with Gasteiger partial charge in [-0.3, -0.25) is 4.79 Å². The molecule has 0 N–H and O–H groups in total. The van der Waals surface area contributed by atoms with Gasteiger partial charge in [-0.2, -0.15) is 0 Å². The number of carbonyl (C=O) groups excluding carboxylic acids is 1. The molecule has 0 amide bonds. The van der Waals surface area contributed by atoms with Crippen molar-refractivity contribution < 1.29 is 4.79 Å². The zero-order chi connectivity index (χ0) is 19.8. The van der Waals surface area contributed by atoms with E-state index in [1.165, 1.54) is 46.2 Å². The standard InChI is InChI=1S/C22H25N3OS2/c1-13-10-19(16(4)15(3)14(13)2)20(26)12-28-22-24-23-21(25(22)17-7-8-17)11-18-6-5-9-27-18/h5-6,9-10,17H,7-8,11-12H2,1-4H3. The number of hydrogen-bond acceptors (Lipinski definition) is 5. The van der Waals surface area contributed by atoms with Gasteiger partial charge in [0.15, 0.2) is 10.9 Å². The molecule has 0 unspecified atom stereocenters. The maximum atomic E-state index is 12.9. The van der Waals surface area contributed by atoms with Crippen molar-refractivity contribution in [2.75, 3.05) is 5.75 Å². The van der Waals surface area contributed by atoms with Crippen molar-refractivity contribution in [1.29, 1.82) is 0 Å². The van der Waals surface area contributed by atoms with Gasteiger partial charge in [0.05, 0.1) is 5.75 Å². The molecule has 1 saturated carbocycles. The van der Waals surface area contributed by atoms with Crippen molar-refractivity contribution in [3.05, 3.63) is 62.1 Å². The second-order valence-electron chi connectivity index (χ2n) is 7.58. The second-order valence-corrected chi connectivity index (χ2v) is 9.56. The Hall–Kier alpha value is -1.92. The van der Waals surface area contributed by atoms with Crippen LogP contribution < -0.4 is 0 Å². The Bertz CT molecular complexity index is 1020. The highest BCUT2D eigenvalue weighted by atomic mass is 32.2. The van der Waals surface area contributed by atoms with Gasteiger partial charge in [-0.25, -0.2) is 0 Å². The van der Waals surface area contributed by atoms with Crippen molar-refractivity contribution in [3.63, 3.8) is 0 Å². The molecule has 28 heavy (non-hydrogen) atoms. The molecular weight excluding hydrogens is 386 g/mol. The molecule has 1 aliphatic rings. The minimum atomic E-state index is 0.166. The first-order valence-corrected chi connectivity index (χ1v) is 11.5. The quantitative estimate of drug-likeness (QED) is 0.382. The van der Waals surface area contributed by atoms with Crippen LogP contribution in [0.3, 0.4) is 0 Å². The lowest BCUT2D eigenvalue weighted by molar-refractivity contribution is 0.102. The Morgan fingerprint density at radius 2 is 1.96 bits per heavy atom. The fourth-order valence-electron chi connectivity index (χ4n) is 3.50. The van der Waals surface area contributed by atoms with Gasteiger partial charge in [-0.05, 0) is 80.3 Å². The maximum Gasteiger partial charge on any atom is 0.191 e. The summed E-state index contributed by atoms with van der Waals surface area (Å²) < 4.78 is 2.26. The summed E-state index contributed by atoms with van der Waals surface area (Å²) in [4.78, 5) is 14.2. The SMILES string of the molecule is Cc1cc(C(=O)CSc2nnc(Cc3cccs3)n2C2CC2)c(C)c(C)c1C. The zero-order valence-electron chi connectivity index (χ0n) is 16.8. The second kappa shape index (κ2) is 7.84. The number of aromatic nitrogens is 3. The van der Waals surface area contributed by atoms with Crippen molar-refractivity contribution in [2.45, 2.75) is 58.2 Å². The summed E-state index contributed by atoms with van der Waals surface area (Å²) in [5, 5.41) is 11.8. The van der Waals surface area contributed by atoms with Crippen LogP contribution in [0.15, 0.2) is 28.7 Å². The lowest BCUT2D eigenvalue weighted by atomic mass is 9.93. The average molecular weight is 412 g/mol.